The Hall–Kier alpha value is -3.19. The molecule has 0 aliphatic carbocycles. The topological polar surface area (TPSA) is 72.2 Å². The standard InChI is InChI=1S/C23H25N5OS/c1-4-28-22(20-12-10-17(2)11-13-20)26-27-23(28)30-16-21(29)25-24-15-18(3)14-19-8-6-5-7-9-19/h5-15H,4,16H2,1-3H3,(H,25,29)/b18-14+,24-15+. The van der Waals surface area contributed by atoms with Gasteiger partial charge in [0.25, 0.3) is 5.91 Å². The fourth-order valence-corrected chi connectivity index (χ4v) is 3.61. The summed E-state index contributed by atoms with van der Waals surface area (Å²) in [5.74, 6) is 0.830. The number of hydrogen-bond acceptors (Lipinski definition) is 5. The van der Waals surface area contributed by atoms with E-state index in [2.05, 4.69) is 39.8 Å². The summed E-state index contributed by atoms with van der Waals surface area (Å²) >= 11 is 1.35. The highest BCUT2D eigenvalue weighted by molar-refractivity contribution is 7.99. The second kappa shape index (κ2) is 10.5. The Labute approximate surface area is 181 Å². The monoisotopic (exact) mass is 419 g/mol. The van der Waals surface area contributed by atoms with Crippen LogP contribution < -0.4 is 5.43 Å². The minimum absolute atomic E-state index is 0.189. The van der Waals surface area contributed by atoms with Crippen molar-refractivity contribution in [1.82, 2.24) is 20.2 Å². The number of carbonyl (C=O) groups is 1. The lowest BCUT2D eigenvalue weighted by Gasteiger charge is -2.07. The van der Waals surface area contributed by atoms with Crippen LogP contribution in [0.25, 0.3) is 17.5 Å². The Kier molecular flexibility index (Phi) is 7.57. The van der Waals surface area contributed by atoms with Crippen LogP contribution in [-0.4, -0.2) is 32.6 Å². The SMILES string of the molecule is CCn1c(SCC(=O)N/N=C/C(C)=C/c2ccccc2)nnc1-c1ccc(C)cc1. The molecule has 3 rings (SSSR count). The van der Waals surface area contributed by atoms with Crippen molar-refractivity contribution in [2.75, 3.05) is 5.75 Å². The molecule has 0 atom stereocenters. The molecule has 0 radical (unpaired) electrons. The third-order valence-electron chi connectivity index (χ3n) is 4.33. The van der Waals surface area contributed by atoms with Crippen LogP contribution in [0.1, 0.15) is 25.0 Å². The van der Waals surface area contributed by atoms with Crippen LogP contribution in [-0.2, 0) is 11.3 Å². The maximum atomic E-state index is 12.1. The molecule has 0 bridgehead atoms. The summed E-state index contributed by atoms with van der Waals surface area (Å²) in [6.07, 6.45) is 3.64. The number of allylic oxidation sites excluding steroid dienone is 1. The summed E-state index contributed by atoms with van der Waals surface area (Å²) in [5, 5.41) is 13.3. The molecule has 0 aliphatic heterocycles. The second-order valence-corrected chi connectivity index (χ2v) is 7.74. The minimum atomic E-state index is -0.189. The lowest BCUT2D eigenvalue weighted by Crippen LogP contribution is -2.20. The predicted molar refractivity (Wildman–Crippen MR) is 123 cm³/mol. The molecule has 1 heterocycles. The summed E-state index contributed by atoms with van der Waals surface area (Å²) in [4.78, 5) is 12.1. The zero-order valence-electron chi connectivity index (χ0n) is 17.4. The first-order valence-corrected chi connectivity index (χ1v) is 10.7. The number of rotatable bonds is 8. The van der Waals surface area contributed by atoms with Gasteiger partial charge in [-0.25, -0.2) is 5.43 Å². The first kappa shape index (κ1) is 21.5. The summed E-state index contributed by atoms with van der Waals surface area (Å²) in [7, 11) is 0. The van der Waals surface area contributed by atoms with Crippen molar-refractivity contribution in [2.24, 2.45) is 5.10 Å². The van der Waals surface area contributed by atoms with E-state index in [0.29, 0.717) is 5.16 Å². The fourth-order valence-electron chi connectivity index (χ4n) is 2.81. The Morgan fingerprint density at radius 2 is 1.87 bits per heavy atom. The molecular formula is C23H25N5OS. The highest BCUT2D eigenvalue weighted by Crippen LogP contribution is 2.24. The Morgan fingerprint density at radius 1 is 1.13 bits per heavy atom. The van der Waals surface area contributed by atoms with Crippen molar-refractivity contribution in [1.29, 1.82) is 0 Å². The lowest BCUT2D eigenvalue weighted by molar-refractivity contribution is -0.118. The number of carbonyl (C=O) groups excluding carboxylic acids is 1. The van der Waals surface area contributed by atoms with Crippen LogP contribution >= 0.6 is 11.8 Å². The normalized spacial score (nSPS) is 11.8. The van der Waals surface area contributed by atoms with Gasteiger partial charge in [0.2, 0.25) is 0 Å². The zero-order chi connectivity index (χ0) is 21.3. The number of hydrazone groups is 1. The van der Waals surface area contributed by atoms with E-state index in [1.54, 1.807) is 6.21 Å². The molecule has 7 heteroatoms. The molecule has 1 aromatic heterocycles. The number of aryl methyl sites for hydroxylation is 1. The number of nitrogens with one attached hydrogen (secondary N) is 1. The van der Waals surface area contributed by atoms with Crippen molar-refractivity contribution in [3.63, 3.8) is 0 Å². The first-order chi connectivity index (χ1) is 14.6. The average Bonchev–Trinajstić information content (AvgIpc) is 3.16. The van der Waals surface area contributed by atoms with Crippen molar-refractivity contribution >= 4 is 30.0 Å². The van der Waals surface area contributed by atoms with E-state index in [9.17, 15) is 4.79 Å². The van der Waals surface area contributed by atoms with Gasteiger partial charge in [0, 0.05) is 12.1 Å². The molecule has 0 fully saturated rings. The fraction of sp³-hybridized carbons (Fsp3) is 0.217. The number of nitrogens with zero attached hydrogens (tertiary/aromatic N) is 4. The largest absolute Gasteiger partial charge is 0.302 e. The Balaban J connectivity index is 1.56. The lowest BCUT2D eigenvalue weighted by atomic mass is 10.1. The first-order valence-electron chi connectivity index (χ1n) is 9.75. The summed E-state index contributed by atoms with van der Waals surface area (Å²) in [6.45, 7) is 6.75. The van der Waals surface area contributed by atoms with Crippen LogP contribution in [0.3, 0.4) is 0 Å². The predicted octanol–water partition coefficient (Wildman–Crippen LogP) is 4.57. The van der Waals surface area contributed by atoms with Gasteiger partial charge in [0.05, 0.1) is 12.0 Å². The van der Waals surface area contributed by atoms with E-state index in [-0.39, 0.29) is 11.7 Å². The second-order valence-electron chi connectivity index (χ2n) is 6.80. The van der Waals surface area contributed by atoms with Crippen LogP contribution in [0.5, 0.6) is 0 Å². The molecular weight excluding hydrogens is 394 g/mol. The summed E-state index contributed by atoms with van der Waals surface area (Å²) in [5.41, 5.74) is 6.81. The summed E-state index contributed by atoms with van der Waals surface area (Å²) in [6, 6.07) is 18.1. The molecule has 6 nitrogen and oxygen atoms in total. The zero-order valence-corrected chi connectivity index (χ0v) is 18.2. The van der Waals surface area contributed by atoms with Crippen molar-refractivity contribution in [3.8, 4) is 11.4 Å². The maximum absolute atomic E-state index is 12.1. The molecule has 0 unspecified atom stereocenters. The summed E-state index contributed by atoms with van der Waals surface area (Å²) < 4.78 is 2.01. The van der Waals surface area contributed by atoms with Gasteiger partial charge in [-0.05, 0) is 31.9 Å². The smallest absolute Gasteiger partial charge is 0.250 e. The third-order valence-corrected chi connectivity index (χ3v) is 5.29. The molecule has 0 saturated heterocycles. The number of benzene rings is 2. The van der Waals surface area contributed by atoms with E-state index in [1.807, 2.05) is 67.0 Å². The van der Waals surface area contributed by atoms with Crippen LogP contribution in [0.4, 0.5) is 0 Å². The molecule has 30 heavy (non-hydrogen) atoms. The van der Waals surface area contributed by atoms with Gasteiger partial charge >= 0.3 is 0 Å². The maximum Gasteiger partial charge on any atom is 0.250 e. The highest BCUT2D eigenvalue weighted by Gasteiger charge is 2.14. The number of amides is 1. The van der Waals surface area contributed by atoms with Crippen LogP contribution in [0.15, 0.2) is 70.4 Å². The molecule has 154 valence electrons. The number of hydrogen-bond donors (Lipinski definition) is 1. The molecule has 1 amide bonds. The molecule has 2 aromatic carbocycles. The molecule has 0 aliphatic rings. The number of aromatic nitrogens is 3. The molecule has 3 aromatic rings. The molecule has 0 spiro atoms. The Bertz CT molecular complexity index is 1040. The van der Waals surface area contributed by atoms with E-state index < -0.39 is 0 Å². The van der Waals surface area contributed by atoms with E-state index in [1.165, 1.54) is 17.3 Å². The Morgan fingerprint density at radius 3 is 2.57 bits per heavy atom. The molecule has 0 saturated carbocycles. The van der Waals surface area contributed by atoms with Crippen molar-refractivity contribution < 1.29 is 4.79 Å². The van der Waals surface area contributed by atoms with Crippen LogP contribution in [0, 0.1) is 6.92 Å². The van der Waals surface area contributed by atoms with Gasteiger partial charge in [0.15, 0.2) is 11.0 Å². The van der Waals surface area contributed by atoms with Crippen molar-refractivity contribution in [3.05, 3.63) is 71.3 Å². The quantitative estimate of drug-likeness (QED) is 0.330. The average molecular weight is 420 g/mol. The van der Waals surface area contributed by atoms with E-state index >= 15 is 0 Å². The van der Waals surface area contributed by atoms with Gasteiger partial charge in [0.1, 0.15) is 0 Å². The van der Waals surface area contributed by atoms with Gasteiger partial charge in [-0.1, -0.05) is 78.0 Å². The van der Waals surface area contributed by atoms with Crippen LogP contribution in [0.2, 0.25) is 0 Å². The number of thioether (sulfide) groups is 1. The van der Waals surface area contributed by atoms with Gasteiger partial charge in [-0.3, -0.25) is 4.79 Å². The molecule has 1 N–H and O–H groups in total. The third kappa shape index (κ3) is 5.90. The van der Waals surface area contributed by atoms with Gasteiger partial charge < -0.3 is 4.57 Å². The van der Waals surface area contributed by atoms with Gasteiger partial charge in [-0.15, -0.1) is 10.2 Å². The highest BCUT2D eigenvalue weighted by atomic mass is 32.2. The van der Waals surface area contributed by atoms with Crippen molar-refractivity contribution in [2.45, 2.75) is 32.5 Å². The minimum Gasteiger partial charge on any atom is -0.302 e. The van der Waals surface area contributed by atoms with E-state index in [4.69, 9.17) is 0 Å². The van der Waals surface area contributed by atoms with E-state index in [0.717, 1.165) is 29.1 Å². The van der Waals surface area contributed by atoms with Gasteiger partial charge in [-0.2, -0.15) is 5.10 Å².